The second-order valence-corrected chi connectivity index (χ2v) is 7.36. The van der Waals surface area contributed by atoms with Crippen LogP contribution in [0.25, 0.3) is 22.9 Å². The third-order valence-electron chi connectivity index (χ3n) is 5.09. The Morgan fingerprint density at radius 1 is 1.06 bits per heavy atom. The lowest BCUT2D eigenvalue weighted by Gasteiger charge is -2.08. The van der Waals surface area contributed by atoms with E-state index in [4.69, 9.17) is 10.3 Å². The van der Waals surface area contributed by atoms with E-state index in [1.807, 2.05) is 6.07 Å². The average molecular weight is 455 g/mol. The number of nitrogen functional groups attached to an aromatic ring is 1. The summed E-state index contributed by atoms with van der Waals surface area (Å²) >= 11 is 0. The summed E-state index contributed by atoms with van der Waals surface area (Å²) in [6, 6.07) is 18.6. The molecule has 0 aliphatic rings. The Hall–Kier alpha value is -4.86. The van der Waals surface area contributed by atoms with Gasteiger partial charge < -0.3 is 15.6 Å². The zero-order valence-corrected chi connectivity index (χ0v) is 17.7. The van der Waals surface area contributed by atoms with Crippen molar-refractivity contribution >= 4 is 17.4 Å². The molecule has 0 aliphatic carbocycles. The molecule has 2 aromatic carbocycles. The molecule has 3 aromatic heterocycles. The van der Waals surface area contributed by atoms with E-state index in [2.05, 4.69) is 25.5 Å². The highest BCUT2D eigenvalue weighted by Gasteiger charge is 2.18. The Kier molecular flexibility index (Phi) is 5.53. The van der Waals surface area contributed by atoms with Gasteiger partial charge in [-0.15, -0.1) is 0 Å². The highest BCUT2D eigenvalue weighted by molar-refractivity contribution is 6.05. The van der Waals surface area contributed by atoms with Crippen molar-refractivity contribution in [2.75, 3.05) is 11.1 Å². The number of hydrogen-bond acceptors (Lipinski definition) is 7. The molecule has 1 amide bonds. The SMILES string of the molecule is Nc1nc(-c2cc(-c3ccon3)n(Cc3ccccc3F)n2)ncc1NC(=O)c1ccccc1. The fourth-order valence-electron chi connectivity index (χ4n) is 3.38. The van der Waals surface area contributed by atoms with E-state index >= 15 is 0 Å². The van der Waals surface area contributed by atoms with Crippen molar-refractivity contribution in [2.24, 2.45) is 0 Å². The van der Waals surface area contributed by atoms with Gasteiger partial charge in [-0.2, -0.15) is 5.10 Å². The molecule has 0 radical (unpaired) electrons. The van der Waals surface area contributed by atoms with Crippen LogP contribution in [0.2, 0.25) is 0 Å². The Morgan fingerprint density at radius 3 is 2.59 bits per heavy atom. The molecular formula is C24H18FN7O2. The molecule has 0 unspecified atom stereocenters. The molecule has 0 atom stereocenters. The van der Waals surface area contributed by atoms with E-state index in [1.54, 1.807) is 59.3 Å². The number of amides is 1. The predicted octanol–water partition coefficient (Wildman–Crippen LogP) is 4.02. The van der Waals surface area contributed by atoms with Crippen LogP contribution in [0, 0.1) is 5.82 Å². The van der Waals surface area contributed by atoms with Crippen LogP contribution < -0.4 is 11.1 Å². The summed E-state index contributed by atoms with van der Waals surface area (Å²) < 4.78 is 20.8. The first-order valence-corrected chi connectivity index (χ1v) is 10.3. The van der Waals surface area contributed by atoms with E-state index in [0.717, 1.165) is 0 Å². The van der Waals surface area contributed by atoms with Gasteiger partial charge in [-0.1, -0.05) is 41.6 Å². The van der Waals surface area contributed by atoms with Gasteiger partial charge in [0.15, 0.2) is 11.6 Å². The van der Waals surface area contributed by atoms with Crippen molar-refractivity contribution in [2.45, 2.75) is 6.54 Å². The standard InChI is InChI=1S/C24H18FN7O2/c25-17-9-5-4-8-16(17)14-32-21(18-10-11-34-31-18)12-19(30-32)23-27-13-20(22(26)29-23)28-24(33)15-6-2-1-3-7-15/h1-13H,14H2,(H,28,33)(H2,26,27,29). The van der Waals surface area contributed by atoms with Crippen LogP contribution in [0.5, 0.6) is 0 Å². The Morgan fingerprint density at radius 2 is 1.85 bits per heavy atom. The number of rotatable bonds is 6. The molecule has 9 nitrogen and oxygen atoms in total. The normalized spacial score (nSPS) is 10.9. The lowest BCUT2D eigenvalue weighted by molar-refractivity contribution is 0.102. The van der Waals surface area contributed by atoms with Crippen molar-refractivity contribution in [3.05, 3.63) is 96.1 Å². The highest BCUT2D eigenvalue weighted by atomic mass is 19.1. The number of carbonyl (C=O) groups is 1. The van der Waals surface area contributed by atoms with Gasteiger partial charge >= 0.3 is 0 Å². The molecule has 0 fully saturated rings. The van der Waals surface area contributed by atoms with E-state index in [9.17, 15) is 9.18 Å². The summed E-state index contributed by atoms with van der Waals surface area (Å²) in [5.74, 6) is -0.344. The van der Waals surface area contributed by atoms with Gasteiger partial charge in [-0.05, 0) is 24.3 Å². The fraction of sp³-hybridized carbons (Fsp3) is 0.0417. The molecule has 0 bridgehead atoms. The van der Waals surface area contributed by atoms with Crippen molar-refractivity contribution in [1.82, 2.24) is 24.9 Å². The molecular weight excluding hydrogens is 437 g/mol. The van der Waals surface area contributed by atoms with Crippen LogP contribution in [0.15, 0.2) is 83.7 Å². The Balaban J connectivity index is 1.46. The van der Waals surface area contributed by atoms with Crippen LogP contribution in [-0.2, 0) is 6.54 Å². The topological polar surface area (TPSA) is 125 Å². The summed E-state index contributed by atoms with van der Waals surface area (Å²) in [7, 11) is 0. The second-order valence-electron chi connectivity index (χ2n) is 7.36. The minimum atomic E-state index is -0.343. The van der Waals surface area contributed by atoms with Crippen molar-refractivity contribution in [1.29, 1.82) is 0 Å². The molecule has 0 aliphatic heterocycles. The molecule has 3 N–H and O–H groups in total. The number of anilines is 2. The van der Waals surface area contributed by atoms with Crippen molar-refractivity contribution in [3.8, 4) is 22.9 Å². The van der Waals surface area contributed by atoms with E-state index < -0.39 is 0 Å². The number of nitrogens with one attached hydrogen (secondary N) is 1. The van der Waals surface area contributed by atoms with Gasteiger partial charge in [0.05, 0.1) is 18.4 Å². The quantitative estimate of drug-likeness (QED) is 0.396. The molecule has 3 heterocycles. The monoisotopic (exact) mass is 455 g/mol. The van der Waals surface area contributed by atoms with Crippen LogP contribution in [-0.4, -0.2) is 30.8 Å². The molecule has 5 aromatic rings. The number of nitrogens with zero attached hydrogens (tertiary/aromatic N) is 5. The molecule has 0 saturated heterocycles. The van der Waals surface area contributed by atoms with Crippen LogP contribution in [0.3, 0.4) is 0 Å². The lowest BCUT2D eigenvalue weighted by atomic mass is 10.2. The molecule has 0 saturated carbocycles. The predicted molar refractivity (Wildman–Crippen MR) is 123 cm³/mol. The summed E-state index contributed by atoms with van der Waals surface area (Å²) in [4.78, 5) is 21.0. The molecule has 5 rings (SSSR count). The van der Waals surface area contributed by atoms with Crippen molar-refractivity contribution in [3.63, 3.8) is 0 Å². The van der Waals surface area contributed by atoms with Crippen LogP contribution in [0.4, 0.5) is 15.9 Å². The maximum Gasteiger partial charge on any atom is 0.255 e. The zero-order chi connectivity index (χ0) is 23.5. The van der Waals surface area contributed by atoms with Gasteiger partial charge in [0.2, 0.25) is 0 Å². The van der Waals surface area contributed by atoms with Crippen LogP contribution in [0.1, 0.15) is 15.9 Å². The molecule has 10 heteroatoms. The number of benzene rings is 2. The summed E-state index contributed by atoms with van der Waals surface area (Å²) in [5, 5.41) is 11.2. The van der Waals surface area contributed by atoms with Crippen LogP contribution >= 0.6 is 0 Å². The van der Waals surface area contributed by atoms with Gasteiger partial charge in [-0.3, -0.25) is 9.48 Å². The summed E-state index contributed by atoms with van der Waals surface area (Å²) in [6.45, 7) is 0.162. The largest absolute Gasteiger partial charge is 0.382 e. The third-order valence-corrected chi connectivity index (χ3v) is 5.09. The number of aromatic nitrogens is 5. The Labute approximate surface area is 193 Å². The van der Waals surface area contributed by atoms with Gasteiger partial charge in [-0.25, -0.2) is 14.4 Å². The zero-order valence-electron chi connectivity index (χ0n) is 17.7. The number of nitrogens with two attached hydrogens (primary N) is 1. The first-order chi connectivity index (χ1) is 16.6. The number of hydrogen-bond donors (Lipinski definition) is 2. The van der Waals surface area contributed by atoms with E-state index in [-0.39, 0.29) is 35.6 Å². The van der Waals surface area contributed by atoms with Gasteiger partial charge in [0.1, 0.15) is 29.2 Å². The number of carbonyl (C=O) groups excluding carboxylic acids is 1. The smallest absolute Gasteiger partial charge is 0.255 e. The summed E-state index contributed by atoms with van der Waals surface area (Å²) in [5.41, 5.74) is 8.83. The van der Waals surface area contributed by atoms with E-state index in [1.165, 1.54) is 18.5 Å². The summed E-state index contributed by atoms with van der Waals surface area (Å²) in [6.07, 6.45) is 2.86. The molecule has 0 spiro atoms. The minimum Gasteiger partial charge on any atom is -0.382 e. The van der Waals surface area contributed by atoms with Gasteiger partial charge in [0.25, 0.3) is 5.91 Å². The highest BCUT2D eigenvalue weighted by Crippen LogP contribution is 2.26. The average Bonchev–Trinajstić information content (AvgIpc) is 3.52. The molecule has 34 heavy (non-hydrogen) atoms. The maximum atomic E-state index is 14.3. The lowest BCUT2D eigenvalue weighted by Crippen LogP contribution is -2.14. The van der Waals surface area contributed by atoms with Gasteiger partial charge in [0, 0.05) is 17.2 Å². The third kappa shape index (κ3) is 4.24. The molecule has 168 valence electrons. The second kappa shape index (κ2) is 8.94. The van der Waals surface area contributed by atoms with E-state index in [0.29, 0.717) is 28.2 Å². The first kappa shape index (κ1) is 21.0. The Bertz CT molecular complexity index is 1450. The number of halogens is 1. The minimum absolute atomic E-state index is 0.0842. The fourth-order valence-corrected chi connectivity index (χ4v) is 3.38. The van der Waals surface area contributed by atoms with Crippen molar-refractivity contribution < 1.29 is 13.7 Å². The first-order valence-electron chi connectivity index (χ1n) is 10.3. The maximum absolute atomic E-state index is 14.3.